The van der Waals surface area contributed by atoms with Crippen LogP contribution in [0.1, 0.15) is 24.5 Å². The molecule has 1 rings (SSSR count). The summed E-state index contributed by atoms with van der Waals surface area (Å²) in [5.74, 6) is -1.01. The Labute approximate surface area is 89.2 Å². The van der Waals surface area contributed by atoms with Gasteiger partial charge in [0.05, 0.1) is 11.3 Å². The normalized spacial score (nSPS) is 12.9. The second-order valence-corrected chi connectivity index (χ2v) is 3.13. The number of oxime groups is 1. The minimum atomic E-state index is -4.62. The van der Waals surface area contributed by atoms with Crippen LogP contribution in [-0.4, -0.2) is 10.9 Å². The third kappa shape index (κ3) is 2.71. The molecule has 0 aliphatic carbocycles. The SMILES string of the molecule is CCC(=NO)c1cc(F)cc(C(F)(F)F)c1. The lowest BCUT2D eigenvalue weighted by Gasteiger charge is -2.09. The van der Waals surface area contributed by atoms with E-state index in [1.807, 2.05) is 0 Å². The predicted molar refractivity (Wildman–Crippen MR) is 50.0 cm³/mol. The molecular formula is C10H9F4NO. The fraction of sp³-hybridized carbons (Fsp3) is 0.300. The Morgan fingerprint density at radius 1 is 1.31 bits per heavy atom. The van der Waals surface area contributed by atoms with Crippen molar-refractivity contribution in [3.8, 4) is 0 Å². The smallest absolute Gasteiger partial charge is 0.411 e. The van der Waals surface area contributed by atoms with Gasteiger partial charge in [0.2, 0.25) is 0 Å². The van der Waals surface area contributed by atoms with Gasteiger partial charge in [-0.2, -0.15) is 13.2 Å². The van der Waals surface area contributed by atoms with E-state index >= 15 is 0 Å². The zero-order chi connectivity index (χ0) is 12.3. The van der Waals surface area contributed by atoms with Crippen LogP contribution in [0.4, 0.5) is 17.6 Å². The molecule has 88 valence electrons. The summed E-state index contributed by atoms with van der Waals surface area (Å²) in [5, 5.41) is 11.4. The van der Waals surface area contributed by atoms with E-state index in [4.69, 9.17) is 5.21 Å². The Hall–Kier alpha value is -1.59. The molecule has 0 radical (unpaired) electrons. The summed E-state index contributed by atoms with van der Waals surface area (Å²) in [7, 11) is 0. The highest BCUT2D eigenvalue weighted by Crippen LogP contribution is 2.30. The first-order valence-electron chi connectivity index (χ1n) is 4.47. The molecule has 16 heavy (non-hydrogen) atoms. The maximum absolute atomic E-state index is 13.0. The first-order valence-corrected chi connectivity index (χ1v) is 4.47. The Morgan fingerprint density at radius 2 is 1.94 bits per heavy atom. The lowest BCUT2D eigenvalue weighted by Crippen LogP contribution is -2.08. The van der Waals surface area contributed by atoms with Crippen LogP contribution in [0, 0.1) is 5.82 Å². The molecule has 0 heterocycles. The first-order chi connectivity index (χ1) is 7.38. The number of rotatable bonds is 2. The molecule has 0 saturated heterocycles. The molecule has 0 bridgehead atoms. The molecule has 0 spiro atoms. The van der Waals surface area contributed by atoms with Gasteiger partial charge in [0.1, 0.15) is 5.82 Å². The van der Waals surface area contributed by atoms with Gasteiger partial charge >= 0.3 is 6.18 Å². The largest absolute Gasteiger partial charge is 0.416 e. The summed E-state index contributed by atoms with van der Waals surface area (Å²) >= 11 is 0. The Bertz CT molecular complexity index is 412. The van der Waals surface area contributed by atoms with Crippen molar-refractivity contribution < 1.29 is 22.8 Å². The first kappa shape index (κ1) is 12.5. The van der Waals surface area contributed by atoms with E-state index in [1.54, 1.807) is 6.92 Å². The minimum absolute atomic E-state index is 0.00463. The van der Waals surface area contributed by atoms with E-state index in [1.165, 1.54) is 0 Å². The van der Waals surface area contributed by atoms with Crippen LogP contribution in [0.25, 0.3) is 0 Å². The van der Waals surface area contributed by atoms with Crippen molar-refractivity contribution in [2.75, 3.05) is 0 Å². The fourth-order valence-corrected chi connectivity index (χ4v) is 1.25. The molecule has 0 atom stereocenters. The molecule has 1 aromatic carbocycles. The zero-order valence-corrected chi connectivity index (χ0v) is 8.35. The molecule has 0 aromatic heterocycles. The lowest BCUT2D eigenvalue weighted by molar-refractivity contribution is -0.137. The standard InChI is InChI=1S/C10H9F4NO/c1-2-9(15-16)6-3-7(10(12,13)14)5-8(11)4-6/h3-5,16H,2H2,1H3. The van der Waals surface area contributed by atoms with Crippen LogP contribution < -0.4 is 0 Å². The maximum Gasteiger partial charge on any atom is 0.416 e. The summed E-state index contributed by atoms with van der Waals surface area (Å²) in [6, 6.07) is 2.05. The van der Waals surface area contributed by atoms with Gasteiger partial charge in [-0.05, 0) is 24.6 Å². The summed E-state index contributed by atoms with van der Waals surface area (Å²) in [6.07, 6.45) is -4.41. The molecule has 2 nitrogen and oxygen atoms in total. The van der Waals surface area contributed by atoms with Crippen molar-refractivity contribution in [1.82, 2.24) is 0 Å². The van der Waals surface area contributed by atoms with Gasteiger partial charge in [0.15, 0.2) is 0 Å². The van der Waals surface area contributed by atoms with E-state index in [0.29, 0.717) is 6.07 Å². The molecule has 0 unspecified atom stereocenters. The summed E-state index contributed by atoms with van der Waals surface area (Å²) in [6.45, 7) is 1.59. The Morgan fingerprint density at radius 3 is 2.38 bits per heavy atom. The van der Waals surface area contributed by atoms with Crippen molar-refractivity contribution in [2.24, 2.45) is 5.16 Å². The van der Waals surface area contributed by atoms with Crippen LogP contribution in [0.3, 0.4) is 0 Å². The van der Waals surface area contributed by atoms with E-state index in [2.05, 4.69) is 5.16 Å². The number of nitrogens with zero attached hydrogens (tertiary/aromatic N) is 1. The molecule has 0 amide bonds. The van der Waals surface area contributed by atoms with Crippen molar-refractivity contribution in [3.05, 3.63) is 35.1 Å². The third-order valence-corrected chi connectivity index (χ3v) is 2.01. The minimum Gasteiger partial charge on any atom is -0.411 e. The van der Waals surface area contributed by atoms with E-state index in [9.17, 15) is 17.6 Å². The molecule has 0 aliphatic rings. The average Bonchev–Trinajstić information content (AvgIpc) is 2.17. The molecule has 0 saturated carbocycles. The van der Waals surface area contributed by atoms with E-state index < -0.39 is 17.6 Å². The molecule has 0 fully saturated rings. The van der Waals surface area contributed by atoms with Crippen molar-refractivity contribution in [3.63, 3.8) is 0 Å². The van der Waals surface area contributed by atoms with Crippen LogP contribution >= 0.6 is 0 Å². The van der Waals surface area contributed by atoms with Crippen LogP contribution in [-0.2, 0) is 6.18 Å². The maximum atomic E-state index is 13.0. The molecule has 0 aliphatic heterocycles. The topological polar surface area (TPSA) is 32.6 Å². The van der Waals surface area contributed by atoms with E-state index in [0.717, 1.165) is 12.1 Å². The Kier molecular flexibility index (Phi) is 3.51. The van der Waals surface area contributed by atoms with Crippen molar-refractivity contribution >= 4 is 5.71 Å². The number of hydrogen-bond donors (Lipinski definition) is 1. The highest BCUT2D eigenvalue weighted by molar-refractivity contribution is 6.00. The summed E-state index contributed by atoms with van der Waals surface area (Å²) in [4.78, 5) is 0. The Balaban J connectivity index is 3.28. The average molecular weight is 235 g/mol. The van der Waals surface area contributed by atoms with Gasteiger partial charge in [0.25, 0.3) is 0 Å². The number of hydrogen-bond acceptors (Lipinski definition) is 2. The van der Waals surface area contributed by atoms with Gasteiger partial charge in [-0.25, -0.2) is 4.39 Å². The number of halogens is 4. The molecular weight excluding hydrogens is 226 g/mol. The summed E-state index contributed by atoms with van der Waals surface area (Å²) < 4.78 is 50.0. The van der Waals surface area contributed by atoms with Crippen LogP contribution in [0.5, 0.6) is 0 Å². The molecule has 1 N–H and O–H groups in total. The number of alkyl halides is 3. The van der Waals surface area contributed by atoms with Crippen LogP contribution in [0.15, 0.2) is 23.4 Å². The van der Waals surface area contributed by atoms with Gasteiger partial charge in [0, 0.05) is 5.56 Å². The fourth-order valence-electron chi connectivity index (χ4n) is 1.25. The second kappa shape index (κ2) is 4.51. The van der Waals surface area contributed by atoms with Crippen LogP contribution in [0.2, 0.25) is 0 Å². The highest BCUT2D eigenvalue weighted by Gasteiger charge is 2.31. The summed E-state index contributed by atoms with van der Waals surface area (Å²) in [5.41, 5.74) is -1.17. The monoisotopic (exact) mass is 235 g/mol. The van der Waals surface area contributed by atoms with E-state index in [-0.39, 0.29) is 17.7 Å². The second-order valence-electron chi connectivity index (χ2n) is 3.13. The van der Waals surface area contributed by atoms with Gasteiger partial charge in [-0.15, -0.1) is 0 Å². The number of benzene rings is 1. The molecule has 1 aromatic rings. The van der Waals surface area contributed by atoms with Crippen molar-refractivity contribution in [2.45, 2.75) is 19.5 Å². The quantitative estimate of drug-likeness (QED) is 0.362. The van der Waals surface area contributed by atoms with Crippen molar-refractivity contribution in [1.29, 1.82) is 0 Å². The zero-order valence-electron chi connectivity index (χ0n) is 8.35. The van der Waals surface area contributed by atoms with Gasteiger partial charge in [-0.1, -0.05) is 12.1 Å². The molecule has 6 heteroatoms. The highest BCUT2D eigenvalue weighted by atomic mass is 19.4. The predicted octanol–water partition coefficient (Wildman–Crippen LogP) is 3.43. The third-order valence-electron chi connectivity index (χ3n) is 2.01. The van der Waals surface area contributed by atoms with Gasteiger partial charge < -0.3 is 5.21 Å². The van der Waals surface area contributed by atoms with Gasteiger partial charge in [-0.3, -0.25) is 0 Å². The lowest BCUT2D eigenvalue weighted by atomic mass is 10.0.